The maximum Gasteiger partial charge on any atom is 0.341 e. The summed E-state index contributed by atoms with van der Waals surface area (Å²) in [5, 5.41) is 0. The van der Waals surface area contributed by atoms with Crippen molar-refractivity contribution in [3.05, 3.63) is 103 Å². The van der Waals surface area contributed by atoms with Gasteiger partial charge in [-0.1, -0.05) is 101 Å². The Hall–Kier alpha value is -4.26. The van der Waals surface area contributed by atoms with E-state index in [1.807, 2.05) is 24.3 Å². The number of carbonyl (C=O) groups excluding carboxylic acids is 2. The van der Waals surface area contributed by atoms with Crippen LogP contribution in [0, 0.1) is 17.8 Å². The lowest BCUT2D eigenvalue weighted by atomic mass is 9.70. The molecule has 5 rings (SSSR count). The lowest BCUT2D eigenvalue weighted by Gasteiger charge is -2.35. The summed E-state index contributed by atoms with van der Waals surface area (Å²) in [5.41, 5.74) is 7.19. The lowest BCUT2D eigenvalue weighted by Crippen LogP contribution is -2.23. The van der Waals surface area contributed by atoms with E-state index in [-0.39, 0.29) is 24.4 Å². The zero-order valence-electron chi connectivity index (χ0n) is 30.0. The van der Waals surface area contributed by atoms with Crippen molar-refractivity contribution < 1.29 is 28.5 Å². The largest absolute Gasteiger partial charge is 0.423 e. The van der Waals surface area contributed by atoms with Gasteiger partial charge in [-0.3, -0.25) is 0 Å². The van der Waals surface area contributed by atoms with Gasteiger partial charge in [-0.25, -0.2) is 9.59 Å². The molecular formula is C44H52O6. The second-order valence-electron chi connectivity index (χ2n) is 13.8. The zero-order valence-corrected chi connectivity index (χ0v) is 30.0. The van der Waals surface area contributed by atoms with Gasteiger partial charge in [0.15, 0.2) is 0 Å². The smallest absolute Gasteiger partial charge is 0.341 e. The predicted octanol–water partition coefficient (Wildman–Crippen LogP) is 10.4. The number of benzene rings is 3. The van der Waals surface area contributed by atoms with Crippen molar-refractivity contribution >= 4 is 17.5 Å². The molecule has 0 heterocycles. The molecule has 0 bridgehead atoms. The van der Waals surface area contributed by atoms with Crippen LogP contribution in [0.3, 0.4) is 0 Å². The van der Waals surface area contributed by atoms with Gasteiger partial charge in [0.25, 0.3) is 0 Å². The van der Waals surface area contributed by atoms with Gasteiger partial charge in [0.2, 0.25) is 0 Å². The molecule has 6 nitrogen and oxygen atoms in total. The zero-order chi connectivity index (χ0) is 35.5. The van der Waals surface area contributed by atoms with Crippen molar-refractivity contribution in [1.82, 2.24) is 0 Å². The number of allylic oxidation sites excluding steroid dienone is 2. The van der Waals surface area contributed by atoms with Crippen LogP contribution < -0.4 is 9.47 Å². The third kappa shape index (κ3) is 9.70. The fourth-order valence-corrected chi connectivity index (χ4v) is 7.45. The average molecular weight is 677 g/mol. The fraction of sp³-hybridized carbons (Fsp3) is 0.409. The van der Waals surface area contributed by atoms with Crippen LogP contribution in [0.5, 0.6) is 11.5 Å². The van der Waals surface area contributed by atoms with Gasteiger partial charge in [-0.05, 0) is 108 Å². The summed E-state index contributed by atoms with van der Waals surface area (Å²) in [7, 11) is 3.04. The molecule has 264 valence electrons. The minimum absolute atomic E-state index is 0.126. The second-order valence-corrected chi connectivity index (χ2v) is 13.8. The molecule has 0 amide bonds. The molecule has 0 aliphatic heterocycles. The number of carbonyl (C=O) groups is 2. The number of unbranched alkanes of at least 4 members (excludes halogenated alkanes) is 1. The molecule has 6 heteroatoms. The van der Waals surface area contributed by atoms with Crippen LogP contribution in [0.25, 0.3) is 27.8 Å². The molecule has 50 heavy (non-hydrogen) atoms. The van der Waals surface area contributed by atoms with Gasteiger partial charge >= 0.3 is 11.9 Å². The highest BCUT2D eigenvalue weighted by atomic mass is 16.5. The van der Waals surface area contributed by atoms with Crippen LogP contribution in [0.4, 0.5) is 0 Å². The minimum Gasteiger partial charge on any atom is -0.423 e. The van der Waals surface area contributed by atoms with E-state index in [0.29, 0.717) is 11.5 Å². The average Bonchev–Trinajstić information content (AvgIpc) is 3.15. The van der Waals surface area contributed by atoms with Crippen molar-refractivity contribution in [2.24, 2.45) is 17.8 Å². The third-order valence-electron chi connectivity index (χ3n) is 10.3. The third-order valence-corrected chi connectivity index (χ3v) is 10.3. The van der Waals surface area contributed by atoms with Crippen LogP contribution in [0.2, 0.25) is 0 Å². The van der Waals surface area contributed by atoms with E-state index in [1.165, 1.54) is 71.2 Å². The summed E-state index contributed by atoms with van der Waals surface area (Å²) in [6.45, 7) is 10.1. The summed E-state index contributed by atoms with van der Waals surface area (Å²) in [4.78, 5) is 24.9. The number of hydrogen-bond donors (Lipinski definition) is 0. The number of esters is 2. The Kier molecular flexibility index (Phi) is 13.4. The van der Waals surface area contributed by atoms with Crippen LogP contribution in [0.15, 0.2) is 97.1 Å². The van der Waals surface area contributed by atoms with E-state index in [4.69, 9.17) is 18.9 Å². The summed E-state index contributed by atoms with van der Waals surface area (Å²) in [5.74, 6) is 2.46. The van der Waals surface area contributed by atoms with E-state index in [1.54, 1.807) is 12.1 Å². The summed E-state index contributed by atoms with van der Waals surface area (Å²) >= 11 is 0. The Labute approximate surface area is 298 Å². The molecule has 1 saturated carbocycles. The van der Waals surface area contributed by atoms with Gasteiger partial charge in [0.05, 0.1) is 24.4 Å². The normalized spacial score (nSPS) is 18.9. The minimum atomic E-state index is -0.506. The van der Waals surface area contributed by atoms with E-state index in [2.05, 4.69) is 56.5 Å². The highest BCUT2D eigenvalue weighted by molar-refractivity contribution is 5.91. The predicted molar refractivity (Wildman–Crippen MR) is 201 cm³/mol. The van der Waals surface area contributed by atoms with Gasteiger partial charge in [-0.15, -0.1) is 0 Å². The first-order chi connectivity index (χ1) is 24.3. The SMILES string of the molecule is C=C(COC)C(=O)Oc1ccc(-c2ccc(-c3ccc(OC(=O)C(=C)COC)cc3C3=CCC(C4CCC(CCCC)CC4)CC3)cc2)cc1. The van der Waals surface area contributed by atoms with Crippen molar-refractivity contribution in [2.75, 3.05) is 27.4 Å². The number of rotatable bonds is 15. The lowest BCUT2D eigenvalue weighted by molar-refractivity contribution is -0.131. The van der Waals surface area contributed by atoms with Crippen molar-refractivity contribution in [1.29, 1.82) is 0 Å². The summed E-state index contributed by atoms with van der Waals surface area (Å²) < 4.78 is 21.2. The van der Waals surface area contributed by atoms with Gasteiger partial charge < -0.3 is 18.9 Å². The summed E-state index contributed by atoms with van der Waals surface area (Å²) in [6, 6.07) is 21.8. The van der Waals surface area contributed by atoms with Gasteiger partial charge in [-0.2, -0.15) is 0 Å². The molecule has 1 fully saturated rings. The van der Waals surface area contributed by atoms with Gasteiger partial charge in [0, 0.05) is 14.2 Å². The monoisotopic (exact) mass is 676 g/mol. The number of hydrogen-bond acceptors (Lipinski definition) is 6. The Morgan fingerprint density at radius 1 is 0.680 bits per heavy atom. The quantitative estimate of drug-likeness (QED) is 0.0906. The van der Waals surface area contributed by atoms with Crippen LogP contribution in [-0.2, 0) is 19.1 Å². The van der Waals surface area contributed by atoms with Crippen molar-refractivity contribution in [2.45, 2.75) is 71.1 Å². The molecule has 0 spiro atoms. The van der Waals surface area contributed by atoms with Crippen molar-refractivity contribution in [3.8, 4) is 33.8 Å². The topological polar surface area (TPSA) is 71.1 Å². The standard InChI is InChI=1S/C44H52O6/c1-6-7-8-32-9-11-33(12-10-32)34-15-19-38(20-16-34)42-27-40(50-44(46)31(3)29-48-5)25-26-41(42)37-17-13-35(14-18-37)36-21-23-39(24-22-36)49-43(45)30(2)28-47-4/h13-14,17-19,21-27,32-34H,2-3,6-12,15-16,20,28-29H2,1,4-5H3. The maximum atomic E-state index is 12.7. The fourth-order valence-electron chi connectivity index (χ4n) is 7.45. The Morgan fingerprint density at radius 3 is 1.80 bits per heavy atom. The first-order valence-electron chi connectivity index (χ1n) is 18.1. The Morgan fingerprint density at radius 2 is 1.24 bits per heavy atom. The molecule has 0 aromatic heterocycles. The first kappa shape index (κ1) is 37.0. The van der Waals surface area contributed by atoms with Crippen molar-refractivity contribution in [3.63, 3.8) is 0 Å². The number of methoxy groups -OCH3 is 2. The summed E-state index contributed by atoms with van der Waals surface area (Å²) in [6.07, 6.45) is 15.3. The maximum absolute atomic E-state index is 12.7. The Balaban J connectivity index is 1.34. The van der Waals surface area contributed by atoms with Crippen LogP contribution >= 0.6 is 0 Å². The molecule has 2 aliphatic carbocycles. The van der Waals surface area contributed by atoms with E-state index in [0.717, 1.165) is 58.4 Å². The van der Waals surface area contributed by atoms with E-state index in [9.17, 15) is 9.59 Å². The molecule has 1 atom stereocenters. The van der Waals surface area contributed by atoms with Gasteiger partial charge in [0.1, 0.15) is 11.5 Å². The molecule has 0 radical (unpaired) electrons. The van der Waals surface area contributed by atoms with E-state index >= 15 is 0 Å². The Bertz CT molecular complexity index is 1660. The molecule has 3 aromatic rings. The van der Waals surface area contributed by atoms with Crippen LogP contribution in [-0.4, -0.2) is 39.4 Å². The molecule has 3 aromatic carbocycles. The molecule has 2 aliphatic rings. The number of ether oxygens (including phenoxy) is 4. The molecule has 0 N–H and O–H groups in total. The second kappa shape index (κ2) is 18.1. The highest BCUT2D eigenvalue weighted by Gasteiger charge is 2.29. The highest BCUT2D eigenvalue weighted by Crippen LogP contribution is 2.44. The van der Waals surface area contributed by atoms with Crippen LogP contribution in [0.1, 0.15) is 76.7 Å². The molecule has 0 saturated heterocycles. The van der Waals surface area contributed by atoms with E-state index < -0.39 is 11.9 Å². The molecular weight excluding hydrogens is 624 g/mol. The first-order valence-corrected chi connectivity index (χ1v) is 18.1. The molecule has 1 unspecified atom stereocenters.